The van der Waals surface area contributed by atoms with E-state index in [2.05, 4.69) is 53.9 Å². The lowest BCUT2D eigenvalue weighted by Crippen LogP contribution is -1.90. The van der Waals surface area contributed by atoms with Crippen LogP contribution in [-0.2, 0) is 0 Å². The minimum Gasteiger partial charge on any atom is -0.494 e. The summed E-state index contributed by atoms with van der Waals surface area (Å²) in [5.74, 6) is 0.915. The van der Waals surface area contributed by atoms with Gasteiger partial charge in [-0.15, -0.1) is 0 Å². The van der Waals surface area contributed by atoms with Crippen LogP contribution in [0.15, 0.2) is 48.7 Å². The molecule has 0 saturated heterocycles. The minimum atomic E-state index is 0.686. The van der Waals surface area contributed by atoms with Gasteiger partial charge in [-0.3, -0.25) is 4.40 Å². The van der Waals surface area contributed by atoms with Gasteiger partial charge in [0.15, 0.2) is 4.96 Å². The lowest BCUT2D eigenvalue weighted by atomic mass is 10.1. The number of benzene rings is 2. The molecule has 0 saturated carbocycles. The first-order valence-electron chi connectivity index (χ1n) is 7.36. The molecule has 0 unspecified atom stereocenters. The quantitative estimate of drug-likeness (QED) is 0.537. The fourth-order valence-electron chi connectivity index (χ4n) is 2.60. The van der Waals surface area contributed by atoms with Crippen LogP contribution in [0.3, 0.4) is 0 Å². The van der Waals surface area contributed by atoms with Crippen LogP contribution in [-0.4, -0.2) is 16.0 Å². The maximum Gasteiger partial charge on any atom is 0.195 e. The topological polar surface area (TPSA) is 26.5 Å². The molecule has 0 aliphatic rings. The molecule has 4 heteroatoms. The van der Waals surface area contributed by atoms with Crippen LogP contribution < -0.4 is 4.74 Å². The predicted molar refractivity (Wildman–Crippen MR) is 91.9 cm³/mol. The fourth-order valence-corrected chi connectivity index (χ4v) is 3.64. The molecule has 0 radical (unpaired) electrons. The number of nitrogens with zero attached hydrogens (tertiary/aromatic N) is 2. The van der Waals surface area contributed by atoms with Crippen molar-refractivity contribution in [3.8, 4) is 17.0 Å². The van der Waals surface area contributed by atoms with Gasteiger partial charge in [0.2, 0.25) is 0 Å². The molecular weight excluding hydrogens is 292 g/mol. The van der Waals surface area contributed by atoms with E-state index in [1.54, 1.807) is 11.3 Å². The van der Waals surface area contributed by atoms with Gasteiger partial charge in [-0.05, 0) is 32.0 Å². The standard InChI is InChI=1S/C18H16N2OS/c1-3-21-14-8-9-16-17(10-14)22-18-19-15(11-20(16)18)13-6-4-12(2)5-7-13/h4-11H,3H2,1-2H3. The molecular formula is C18H16N2OS. The molecule has 4 rings (SSSR count). The SMILES string of the molecule is CCOc1ccc2c(c1)sc1nc(-c3ccc(C)cc3)cn12. The molecule has 0 bridgehead atoms. The summed E-state index contributed by atoms with van der Waals surface area (Å²) < 4.78 is 8.92. The fraction of sp³-hybridized carbons (Fsp3) is 0.167. The molecule has 2 aromatic heterocycles. The number of ether oxygens (including phenoxy) is 1. The van der Waals surface area contributed by atoms with Gasteiger partial charge >= 0.3 is 0 Å². The molecule has 0 fully saturated rings. The van der Waals surface area contributed by atoms with Gasteiger partial charge in [0.25, 0.3) is 0 Å². The smallest absolute Gasteiger partial charge is 0.195 e. The zero-order valence-electron chi connectivity index (χ0n) is 12.5. The van der Waals surface area contributed by atoms with E-state index in [0.717, 1.165) is 22.0 Å². The number of hydrogen-bond acceptors (Lipinski definition) is 3. The molecule has 3 nitrogen and oxygen atoms in total. The van der Waals surface area contributed by atoms with Crippen molar-refractivity contribution in [3.63, 3.8) is 0 Å². The van der Waals surface area contributed by atoms with Gasteiger partial charge in [0, 0.05) is 11.8 Å². The van der Waals surface area contributed by atoms with Crippen molar-refractivity contribution in [3.05, 3.63) is 54.2 Å². The van der Waals surface area contributed by atoms with Crippen LogP contribution >= 0.6 is 11.3 Å². The van der Waals surface area contributed by atoms with Gasteiger partial charge in [-0.25, -0.2) is 4.98 Å². The van der Waals surface area contributed by atoms with Gasteiger partial charge in [-0.2, -0.15) is 0 Å². The van der Waals surface area contributed by atoms with E-state index in [0.29, 0.717) is 6.61 Å². The zero-order valence-corrected chi connectivity index (χ0v) is 13.4. The number of aromatic nitrogens is 2. The Bertz CT molecular complexity index is 950. The Hall–Kier alpha value is -2.33. The summed E-state index contributed by atoms with van der Waals surface area (Å²) in [4.78, 5) is 5.78. The summed E-state index contributed by atoms with van der Waals surface area (Å²) in [6.07, 6.45) is 2.11. The van der Waals surface area contributed by atoms with E-state index < -0.39 is 0 Å². The van der Waals surface area contributed by atoms with E-state index in [1.165, 1.54) is 15.8 Å². The zero-order chi connectivity index (χ0) is 15.1. The maximum atomic E-state index is 5.57. The van der Waals surface area contributed by atoms with Crippen LogP contribution in [0.2, 0.25) is 0 Å². The Morgan fingerprint density at radius 3 is 2.73 bits per heavy atom. The molecule has 0 N–H and O–H groups in total. The Kier molecular flexibility index (Phi) is 3.12. The Labute approximate surface area is 132 Å². The molecule has 0 atom stereocenters. The molecule has 22 heavy (non-hydrogen) atoms. The van der Waals surface area contributed by atoms with E-state index in [9.17, 15) is 0 Å². The molecule has 0 amide bonds. The van der Waals surface area contributed by atoms with Gasteiger partial charge in [-0.1, -0.05) is 41.2 Å². The van der Waals surface area contributed by atoms with Crippen LogP contribution in [0.1, 0.15) is 12.5 Å². The first-order valence-corrected chi connectivity index (χ1v) is 8.18. The van der Waals surface area contributed by atoms with Crippen molar-refractivity contribution >= 4 is 26.5 Å². The van der Waals surface area contributed by atoms with E-state index in [4.69, 9.17) is 9.72 Å². The second kappa shape index (κ2) is 5.14. The molecule has 2 heterocycles. The first kappa shape index (κ1) is 13.3. The molecule has 0 aliphatic carbocycles. The highest BCUT2D eigenvalue weighted by Crippen LogP contribution is 2.31. The van der Waals surface area contributed by atoms with Crippen LogP contribution in [0.5, 0.6) is 5.75 Å². The highest BCUT2D eigenvalue weighted by Gasteiger charge is 2.10. The average Bonchev–Trinajstić information content (AvgIpc) is 3.05. The van der Waals surface area contributed by atoms with Gasteiger partial charge < -0.3 is 4.74 Å². The van der Waals surface area contributed by atoms with E-state index in [-0.39, 0.29) is 0 Å². The lowest BCUT2D eigenvalue weighted by molar-refractivity contribution is 0.341. The Balaban J connectivity index is 1.83. The van der Waals surface area contributed by atoms with Crippen LogP contribution in [0.4, 0.5) is 0 Å². The number of hydrogen-bond donors (Lipinski definition) is 0. The number of thiazole rings is 1. The molecule has 0 aliphatic heterocycles. The number of aryl methyl sites for hydroxylation is 1. The van der Waals surface area contributed by atoms with Crippen molar-refractivity contribution in [2.24, 2.45) is 0 Å². The summed E-state index contributed by atoms with van der Waals surface area (Å²) in [6, 6.07) is 14.7. The predicted octanol–water partition coefficient (Wildman–Crippen LogP) is 4.92. The first-order chi connectivity index (χ1) is 10.7. The maximum absolute atomic E-state index is 5.57. The van der Waals surface area contributed by atoms with Crippen molar-refractivity contribution in [1.82, 2.24) is 9.38 Å². The lowest BCUT2D eigenvalue weighted by Gasteiger charge is -2.01. The Morgan fingerprint density at radius 1 is 1.14 bits per heavy atom. The van der Waals surface area contributed by atoms with E-state index >= 15 is 0 Å². The normalized spacial score (nSPS) is 11.4. The second-order valence-electron chi connectivity index (χ2n) is 5.31. The Morgan fingerprint density at radius 2 is 1.95 bits per heavy atom. The van der Waals surface area contributed by atoms with E-state index in [1.807, 2.05) is 13.0 Å². The summed E-state index contributed by atoms with van der Waals surface area (Å²) in [7, 11) is 0. The molecule has 0 spiro atoms. The highest BCUT2D eigenvalue weighted by molar-refractivity contribution is 7.23. The third-order valence-electron chi connectivity index (χ3n) is 3.72. The monoisotopic (exact) mass is 308 g/mol. The van der Waals surface area contributed by atoms with Crippen molar-refractivity contribution in [2.45, 2.75) is 13.8 Å². The van der Waals surface area contributed by atoms with Crippen molar-refractivity contribution < 1.29 is 4.74 Å². The minimum absolute atomic E-state index is 0.686. The summed E-state index contributed by atoms with van der Waals surface area (Å²) in [6.45, 7) is 4.78. The summed E-state index contributed by atoms with van der Waals surface area (Å²) >= 11 is 1.69. The largest absolute Gasteiger partial charge is 0.494 e. The third-order valence-corrected chi connectivity index (χ3v) is 4.74. The van der Waals surface area contributed by atoms with Crippen molar-refractivity contribution in [1.29, 1.82) is 0 Å². The van der Waals surface area contributed by atoms with Gasteiger partial charge in [0.05, 0.1) is 22.5 Å². The average molecular weight is 308 g/mol. The molecule has 4 aromatic rings. The van der Waals surface area contributed by atoms with Gasteiger partial charge in [0.1, 0.15) is 5.75 Å². The number of rotatable bonds is 3. The number of fused-ring (bicyclic) bond motifs is 3. The highest BCUT2D eigenvalue weighted by atomic mass is 32.1. The molecule has 2 aromatic carbocycles. The van der Waals surface area contributed by atoms with Crippen LogP contribution in [0.25, 0.3) is 26.4 Å². The second-order valence-corrected chi connectivity index (χ2v) is 6.32. The number of imidazole rings is 1. The third kappa shape index (κ3) is 2.16. The summed E-state index contributed by atoms with van der Waals surface area (Å²) in [5.41, 5.74) is 4.61. The summed E-state index contributed by atoms with van der Waals surface area (Å²) in [5, 5.41) is 0. The van der Waals surface area contributed by atoms with Crippen LogP contribution in [0, 0.1) is 6.92 Å². The molecule has 110 valence electrons. The van der Waals surface area contributed by atoms with Crippen molar-refractivity contribution in [2.75, 3.05) is 6.61 Å².